The van der Waals surface area contributed by atoms with E-state index >= 15 is 0 Å². The minimum atomic E-state index is 0.964. The molecule has 0 aliphatic rings. The van der Waals surface area contributed by atoms with Crippen LogP contribution in [0.4, 0.5) is 0 Å². The number of hydrogen-bond acceptors (Lipinski definition) is 4. The SMILES string of the molecule is Cc1ccccc1-c1ccc2c(c1)c1ncccc1n2-c1cccc(-n2c3ccc(-c4ccccc4C)cc3c3ncccc32)c1.c1cc(-n2c3ccccc3c3cccnc32)cc(-n2c3ccccc3c3cccnc32)c1. The van der Waals surface area contributed by atoms with E-state index in [4.69, 9.17) is 19.9 Å². The van der Waals surface area contributed by atoms with Crippen molar-refractivity contribution in [1.29, 1.82) is 0 Å². The summed E-state index contributed by atoms with van der Waals surface area (Å²) in [6, 6.07) is 81.7. The van der Waals surface area contributed by atoms with Gasteiger partial charge < -0.3 is 9.13 Å². The maximum atomic E-state index is 4.87. The van der Waals surface area contributed by atoms with Gasteiger partial charge in [-0.25, -0.2) is 9.97 Å². The number of hydrogen-bond donors (Lipinski definition) is 0. The molecule has 0 spiro atoms. The van der Waals surface area contributed by atoms with E-state index in [2.05, 4.69) is 238 Å². The number of rotatable bonds is 6. The second-order valence-corrected chi connectivity index (χ2v) is 20.0. The van der Waals surface area contributed by atoms with Crippen LogP contribution < -0.4 is 0 Å². The van der Waals surface area contributed by atoms with Crippen LogP contribution in [-0.2, 0) is 0 Å². The number of aryl methyl sites for hydroxylation is 2. The Morgan fingerprint density at radius 2 is 0.615 bits per heavy atom. The lowest BCUT2D eigenvalue weighted by molar-refractivity contribution is 1.10. The van der Waals surface area contributed by atoms with Crippen LogP contribution in [0.2, 0.25) is 0 Å². The van der Waals surface area contributed by atoms with Crippen molar-refractivity contribution in [1.82, 2.24) is 38.2 Å². The Hall–Kier alpha value is -10.4. The molecule has 8 aromatic heterocycles. The maximum Gasteiger partial charge on any atom is 0.145 e. The summed E-state index contributed by atoms with van der Waals surface area (Å²) < 4.78 is 9.17. The van der Waals surface area contributed by atoms with Gasteiger partial charge in [-0.15, -0.1) is 0 Å². The molecule has 0 aliphatic carbocycles. The molecule has 78 heavy (non-hydrogen) atoms. The van der Waals surface area contributed by atoms with Crippen molar-refractivity contribution in [2.45, 2.75) is 13.8 Å². The van der Waals surface area contributed by atoms with Gasteiger partial charge in [0.1, 0.15) is 11.3 Å². The Labute approximate surface area is 449 Å². The molecule has 8 heterocycles. The predicted molar refractivity (Wildman–Crippen MR) is 322 cm³/mol. The highest BCUT2D eigenvalue weighted by Gasteiger charge is 2.20. The van der Waals surface area contributed by atoms with Crippen LogP contribution in [0.5, 0.6) is 0 Å². The summed E-state index contributed by atoms with van der Waals surface area (Å²) >= 11 is 0. The number of aromatic nitrogens is 8. The van der Waals surface area contributed by atoms with Crippen LogP contribution in [0, 0.1) is 13.8 Å². The van der Waals surface area contributed by atoms with Gasteiger partial charge in [-0.05, 0) is 169 Å². The highest BCUT2D eigenvalue weighted by Crippen LogP contribution is 2.39. The quantitative estimate of drug-likeness (QED) is 0.166. The Morgan fingerprint density at radius 3 is 1.08 bits per heavy atom. The maximum absolute atomic E-state index is 4.87. The lowest BCUT2D eigenvalue weighted by atomic mass is 9.99. The van der Waals surface area contributed by atoms with Crippen molar-refractivity contribution in [3.63, 3.8) is 0 Å². The third kappa shape index (κ3) is 7.15. The summed E-state index contributed by atoms with van der Waals surface area (Å²) in [4.78, 5) is 19.2. The average Bonchev–Trinajstić information content (AvgIpc) is 4.43. The van der Waals surface area contributed by atoms with Crippen LogP contribution in [0.3, 0.4) is 0 Å². The molecule has 8 heteroatoms. The van der Waals surface area contributed by atoms with E-state index in [-0.39, 0.29) is 0 Å². The molecule has 0 radical (unpaired) electrons. The molecule has 8 aromatic carbocycles. The lowest BCUT2D eigenvalue weighted by Gasteiger charge is -2.13. The van der Waals surface area contributed by atoms with Crippen molar-refractivity contribution in [3.05, 3.63) is 266 Å². The zero-order chi connectivity index (χ0) is 51.8. The fourth-order valence-corrected chi connectivity index (χ4v) is 12.0. The van der Waals surface area contributed by atoms with Gasteiger partial charge >= 0.3 is 0 Å². The van der Waals surface area contributed by atoms with Gasteiger partial charge in [-0.2, -0.15) is 0 Å². The predicted octanol–water partition coefficient (Wildman–Crippen LogP) is 17.3. The van der Waals surface area contributed by atoms with Crippen molar-refractivity contribution in [2.24, 2.45) is 0 Å². The third-order valence-electron chi connectivity index (χ3n) is 15.5. The molecule has 368 valence electrons. The largest absolute Gasteiger partial charge is 0.308 e. The monoisotopic (exact) mass is 1000 g/mol. The number of para-hydroxylation sites is 2. The van der Waals surface area contributed by atoms with Crippen molar-refractivity contribution < 1.29 is 0 Å². The first kappa shape index (κ1) is 45.0. The van der Waals surface area contributed by atoms with Crippen LogP contribution in [0.15, 0.2) is 255 Å². The van der Waals surface area contributed by atoms with Crippen LogP contribution >= 0.6 is 0 Å². The molecule has 0 atom stereocenters. The molecule has 0 amide bonds. The molecule has 0 N–H and O–H groups in total. The van der Waals surface area contributed by atoms with E-state index in [1.54, 1.807) is 0 Å². The first-order valence-electron chi connectivity index (χ1n) is 26.4. The molecule has 0 bridgehead atoms. The number of nitrogens with zero attached hydrogens (tertiary/aromatic N) is 8. The van der Waals surface area contributed by atoms with Crippen LogP contribution in [0.25, 0.3) is 133 Å². The van der Waals surface area contributed by atoms with Gasteiger partial charge in [-0.1, -0.05) is 109 Å². The summed E-state index contributed by atoms with van der Waals surface area (Å²) in [6.07, 6.45) is 7.50. The van der Waals surface area contributed by atoms with E-state index in [1.807, 2.05) is 49.1 Å². The molecule has 16 aromatic rings. The fraction of sp³-hybridized carbons (Fsp3) is 0.0286. The van der Waals surface area contributed by atoms with Gasteiger partial charge in [0.2, 0.25) is 0 Å². The highest BCUT2D eigenvalue weighted by atomic mass is 15.1. The van der Waals surface area contributed by atoms with Gasteiger partial charge in [0.15, 0.2) is 0 Å². The molecule has 0 unspecified atom stereocenters. The summed E-state index contributed by atoms with van der Waals surface area (Å²) in [5.74, 6) is 0. The van der Waals surface area contributed by atoms with Crippen LogP contribution in [-0.4, -0.2) is 38.2 Å². The third-order valence-corrected chi connectivity index (χ3v) is 15.5. The number of pyridine rings is 4. The molecule has 8 nitrogen and oxygen atoms in total. The average molecular weight is 1000 g/mol. The summed E-state index contributed by atoms with van der Waals surface area (Å²) in [5.41, 5.74) is 22.4. The van der Waals surface area contributed by atoms with E-state index in [0.717, 1.165) is 99.7 Å². The van der Waals surface area contributed by atoms with E-state index in [0.29, 0.717) is 0 Å². The molecular weight excluding hydrogens is 953 g/mol. The van der Waals surface area contributed by atoms with Gasteiger partial charge in [0, 0.05) is 79.9 Å². The standard InChI is InChI=1S/C42H30N4.C28H18N4/c1-27-10-3-5-14-33(27)29-18-20-37-35(24-29)41-39(16-8-22-43-41)45(37)31-12-7-13-32(26-31)46-38-21-19-30(34-15-6-4-11-28(34)2)25-36(38)42-40(46)17-9-23-44-42;1-3-14-25-21(10-1)23-12-6-16-29-27(23)31(25)19-8-5-9-20(18-19)32-26-15-4-2-11-22(26)24-13-7-17-30-28(24)32/h3-26H,1-2H3;1-18H. The second kappa shape index (κ2) is 18.1. The minimum absolute atomic E-state index is 0.964. The van der Waals surface area contributed by atoms with Crippen molar-refractivity contribution in [2.75, 3.05) is 0 Å². The molecule has 0 saturated heterocycles. The van der Waals surface area contributed by atoms with Gasteiger partial charge in [0.05, 0.1) is 44.1 Å². The lowest BCUT2D eigenvalue weighted by Crippen LogP contribution is -1.99. The van der Waals surface area contributed by atoms with E-state index in [1.165, 1.54) is 44.2 Å². The molecule has 16 rings (SSSR count). The number of benzene rings is 8. The Kier molecular flexibility index (Phi) is 10.5. The zero-order valence-electron chi connectivity index (χ0n) is 42.8. The van der Waals surface area contributed by atoms with Crippen molar-refractivity contribution >= 4 is 87.7 Å². The molecule has 0 aliphatic heterocycles. The summed E-state index contributed by atoms with van der Waals surface area (Å²) in [6.45, 7) is 4.33. The minimum Gasteiger partial charge on any atom is -0.308 e. The summed E-state index contributed by atoms with van der Waals surface area (Å²) in [5, 5.41) is 7.02. The second-order valence-electron chi connectivity index (χ2n) is 20.0. The zero-order valence-corrected chi connectivity index (χ0v) is 42.8. The molecule has 0 fully saturated rings. The first-order chi connectivity index (χ1) is 38.6. The van der Waals surface area contributed by atoms with Crippen LogP contribution in [0.1, 0.15) is 11.1 Å². The van der Waals surface area contributed by atoms with E-state index < -0.39 is 0 Å². The molecule has 0 saturated carbocycles. The smallest absolute Gasteiger partial charge is 0.145 e. The first-order valence-corrected chi connectivity index (χ1v) is 26.4. The Bertz CT molecular complexity index is 4620. The number of fused-ring (bicyclic) bond motifs is 12. The Balaban J connectivity index is 0.000000145. The molecular formula is C70H48N8. The highest BCUT2D eigenvalue weighted by molar-refractivity contribution is 6.11. The topological polar surface area (TPSA) is 71.3 Å². The van der Waals surface area contributed by atoms with Crippen molar-refractivity contribution in [3.8, 4) is 45.0 Å². The van der Waals surface area contributed by atoms with Gasteiger partial charge in [-0.3, -0.25) is 19.1 Å². The Morgan fingerprint density at radius 1 is 0.256 bits per heavy atom. The summed E-state index contributed by atoms with van der Waals surface area (Å²) in [7, 11) is 0. The normalized spacial score (nSPS) is 11.7. The fourth-order valence-electron chi connectivity index (χ4n) is 12.0. The van der Waals surface area contributed by atoms with E-state index in [9.17, 15) is 0 Å². The van der Waals surface area contributed by atoms with Gasteiger partial charge in [0.25, 0.3) is 0 Å².